The lowest BCUT2D eigenvalue weighted by Gasteiger charge is -2.27. The molecule has 0 saturated carbocycles. The van der Waals surface area contributed by atoms with E-state index in [0.29, 0.717) is 12.6 Å². The molecule has 0 bridgehead atoms. The van der Waals surface area contributed by atoms with E-state index in [0.717, 1.165) is 25.0 Å². The normalized spacial score (nSPS) is 20.7. The Hall–Kier alpha value is -0.810. The van der Waals surface area contributed by atoms with Crippen LogP contribution in [0.2, 0.25) is 0 Å². The fourth-order valence-corrected chi connectivity index (χ4v) is 2.73. The summed E-state index contributed by atoms with van der Waals surface area (Å²) < 4.78 is 5.43. The molecule has 0 aromatic carbocycles. The molecule has 1 saturated heterocycles. The minimum atomic E-state index is -0.223. The van der Waals surface area contributed by atoms with Crippen molar-refractivity contribution in [2.24, 2.45) is 10.9 Å². The van der Waals surface area contributed by atoms with Crippen molar-refractivity contribution in [3.05, 3.63) is 0 Å². The van der Waals surface area contributed by atoms with Crippen LogP contribution in [-0.4, -0.2) is 62.3 Å². The predicted octanol–water partition coefficient (Wildman–Crippen LogP) is 2.09. The molecule has 1 heterocycles. The molecule has 0 spiro atoms. The van der Waals surface area contributed by atoms with Crippen LogP contribution in [0.15, 0.2) is 4.99 Å². The van der Waals surface area contributed by atoms with E-state index in [2.05, 4.69) is 55.1 Å². The molecule has 1 atom stereocenters. The molecule has 0 aromatic rings. The number of nitrogens with zero attached hydrogens (tertiary/aromatic N) is 2. The second-order valence-corrected chi connectivity index (χ2v) is 7.22. The molecule has 2 N–H and O–H groups in total. The van der Waals surface area contributed by atoms with E-state index in [1.807, 2.05) is 0 Å². The van der Waals surface area contributed by atoms with Gasteiger partial charge in [0.15, 0.2) is 5.96 Å². The summed E-state index contributed by atoms with van der Waals surface area (Å²) in [5.74, 6) is 1.62. The molecule has 5 heteroatoms. The van der Waals surface area contributed by atoms with E-state index in [1.165, 1.54) is 25.9 Å². The highest BCUT2D eigenvalue weighted by atomic mass is 16.5. The minimum Gasteiger partial charge on any atom is -0.377 e. The van der Waals surface area contributed by atoms with Crippen LogP contribution in [-0.2, 0) is 4.74 Å². The van der Waals surface area contributed by atoms with Crippen molar-refractivity contribution >= 4 is 5.96 Å². The molecule has 130 valence electrons. The second kappa shape index (κ2) is 9.36. The van der Waals surface area contributed by atoms with Crippen LogP contribution < -0.4 is 10.6 Å². The molecule has 0 radical (unpaired) electrons. The van der Waals surface area contributed by atoms with E-state index < -0.39 is 0 Å². The van der Waals surface area contributed by atoms with Crippen LogP contribution in [0.25, 0.3) is 0 Å². The molecule has 22 heavy (non-hydrogen) atoms. The quantitative estimate of drug-likeness (QED) is 0.532. The fourth-order valence-electron chi connectivity index (χ4n) is 2.73. The lowest BCUT2D eigenvalue weighted by molar-refractivity contribution is 0.0310. The van der Waals surface area contributed by atoms with Gasteiger partial charge >= 0.3 is 0 Å². The Morgan fingerprint density at radius 2 is 2.09 bits per heavy atom. The van der Waals surface area contributed by atoms with Crippen LogP contribution >= 0.6 is 0 Å². The summed E-state index contributed by atoms with van der Waals surface area (Å²) >= 11 is 0. The SMILES string of the molecule is CCNC(=NCC(C)(C)OC)NC[C@H]1CCCN1CC(C)C. The Bertz CT molecular complexity index is 342. The van der Waals surface area contributed by atoms with E-state index in [4.69, 9.17) is 4.74 Å². The maximum Gasteiger partial charge on any atom is 0.191 e. The van der Waals surface area contributed by atoms with Gasteiger partial charge < -0.3 is 15.4 Å². The Labute approximate surface area is 136 Å². The summed E-state index contributed by atoms with van der Waals surface area (Å²) in [6.45, 7) is 15.7. The fraction of sp³-hybridized carbons (Fsp3) is 0.941. The zero-order valence-electron chi connectivity index (χ0n) is 15.4. The van der Waals surface area contributed by atoms with Crippen LogP contribution in [0, 0.1) is 5.92 Å². The standard InChI is InChI=1S/C17H36N4O/c1-7-18-16(20-13-17(4,5)22-6)19-11-15-9-8-10-21(15)12-14(2)3/h14-15H,7-13H2,1-6H3,(H2,18,19,20)/t15-/m1/s1. The second-order valence-electron chi connectivity index (χ2n) is 7.22. The first-order valence-electron chi connectivity index (χ1n) is 8.69. The molecule has 1 aliphatic heterocycles. The van der Waals surface area contributed by atoms with Gasteiger partial charge in [-0.1, -0.05) is 13.8 Å². The smallest absolute Gasteiger partial charge is 0.191 e. The lowest BCUT2D eigenvalue weighted by Crippen LogP contribution is -2.46. The van der Waals surface area contributed by atoms with Gasteiger partial charge in [0.1, 0.15) is 0 Å². The van der Waals surface area contributed by atoms with E-state index in [9.17, 15) is 0 Å². The summed E-state index contributed by atoms with van der Waals surface area (Å²) in [7, 11) is 1.73. The molecule has 1 aliphatic rings. The van der Waals surface area contributed by atoms with Gasteiger partial charge in [-0.2, -0.15) is 0 Å². The number of nitrogens with one attached hydrogen (secondary N) is 2. The third kappa shape index (κ3) is 6.97. The molecule has 0 amide bonds. The number of rotatable bonds is 8. The van der Waals surface area contributed by atoms with Crippen molar-refractivity contribution in [3.8, 4) is 0 Å². The number of methoxy groups -OCH3 is 1. The monoisotopic (exact) mass is 312 g/mol. The topological polar surface area (TPSA) is 48.9 Å². The van der Waals surface area contributed by atoms with Gasteiger partial charge in [-0.05, 0) is 46.1 Å². The summed E-state index contributed by atoms with van der Waals surface area (Å²) in [5.41, 5.74) is -0.223. The summed E-state index contributed by atoms with van der Waals surface area (Å²) in [4.78, 5) is 7.27. The first kappa shape index (κ1) is 19.2. The lowest BCUT2D eigenvalue weighted by atomic mass is 10.1. The van der Waals surface area contributed by atoms with Crippen LogP contribution in [0.4, 0.5) is 0 Å². The molecule has 1 fully saturated rings. The average molecular weight is 313 g/mol. The predicted molar refractivity (Wildman–Crippen MR) is 94.5 cm³/mol. The van der Waals surface area contributed by atoms with E-state index in [-0.39, 0.29) is 5.60 Å². The van der Waals surface area contributed by atoms with Crippen molar-refractivity contribution in [3.63, 3.8) is 0 Å². The van der Waals surface area contributed by atoms with Gasteiger partial charge in [0.25, 0.3) is 0 Å². The molecular weight excluding hydrogens is 276 g/mol. The average Bonchev–Trinajstić information content (AvgIpc) is 2.88. The van der Waals surface area contributed by atoms with E-state index in [1.54, 1.807) is 7.11 Å². The first-order chi connectivity index (χ1) is 10.4. The molecule has 1 rings (SSSR count). The van der Waals surface area contributed by atoms with Crippen molar-refractivity contribution in [2.75, 3.05) is 39.8 Å². The third-order valence-electron chi connectivity index (χ3n) is 4.12. The summed E-state index contributed by atoms with van der Waals surface area (Å²) in [6.07, 6.45) is 2.59. The van der Waals surface area contributed by atoms with Gasteiger partial charge in [-0.3, -0.25) is 9.89 Å². The van der Waals surface area contributed by atoms with Gasteiger partial charge in [0.2, 0.25) is 0 Å². The van der Waals surface area contributed by atoms with Crippen molar-refractivity contribution in [1.29, 1.82) is 0 Å². The Morgan fingerprint density at radius 3 is 2.68 bits per heavy atom. The van der Waals surface area contributed by atoms with Gasteiger partial charge in [0.05, 0.1) is 12.1 Å². The highest BCUT2D eigenvalue weighted by molar-refractivity contribution is 5.79. The maximum absolute atomic E-state index is 5.43. The van der Waals surface area contributed by atoms with Crippen LogP contribution in [0.3, 0.4) is 0 Å². The Kier molecular flexibility index (Phi) is 8.18. The van der Waals surface area contributed by atoms with Gasteiger partial charge in [-0.15, -0.1) is 0 Å². The maximum atomic E-state index is 5.43. The number of guanidine groups is 1. The zero-order valence-corrected chi connectivity index (χ0v) is 15.4. The van der Waals surface area contributed by atoms with Crippen molar-refractivity contribution in [1.82, 2.24) is 15.5 Å². The third-order valence-corrected chi connectivity index (χ3v) is 4.12. The summed E-state index contributed by atoms with van der Waals surface area (Å²) in [6, 6.07) is 0.627. The van der Waals surface area contributed by atoms with Crippen LogP contribution in [0.5, 0.6) is 0 Å². The van der Waals surface area contributed by atoms with Crippen molar-refractivity contribution < 1.29 is 4.74 Å². The highest BCUT2D eigenvalue weighted by Crippen LogP contribution is 2.17. The highest BCUT2D eigenvalue weighted by Gasteiger charge is 2.25. The first-order valence-corrected chi connectivity index (χ1v) is 8.69. The number of aliphatic imine (C=N–C) groups is 1. The number of hydrogen-bond acceptors (Lipinski definition) is 3. The Morgan fingerprint density at radius 1 is 1.36 bits per heavy atom. The molecule has 0 aliphatic carbocycles. The largest absolute Gasteiger partial charge is 0.377 e. The van der Waals surface area contributed by atoms with E-state index >= 15 is 0 Å². The van der Waals surface area contributed by atoms with Gasteiger partial charge in [-0.25, -0.2) is 0 Å². The summed E-state index contributed by atoms with van der Waals surface area (Å²) in [5, 5.41) is 6.83. The molecule has 0 unspecified atom stereocenters. The number of ether oxygens (including phenoxy) is 1. The number of likely N-dealkylation sites (tertiary alicyclic amines) is 1. The van der Waals surface area contributed by atoms with Crippen molar-refractivity contribution in [2.45, 2.75) is 59.1 Å². The minimum absolute atomic E-state index is 0.223. The molecule has 0 aromatic heterocycles. The molecule has 5 nitrogen and oxygen atoms in total. The van der Waals surface area contributed by atoms with Gasteiger partial charge in [0, 0.05) is 32.8 Å². The number of hydrogen-bond donors (Lipinski definition) is 2. The van der Waals surface area contributed by atoms with Crippen LogP contribution in [0.1, 0.15) is 47.5 Å². The zero-order chi connectivity index (χ0) is 16.6. The Balaban J connectivity index is 2.51. The molecular formula is C17H36N4O.